The van der Waals surface area contributed by atoms with Crippen molar-refractivity contribution in [3.05, 3.63) is 42.5 Å². The SMILES string of the molecule is Nc1ncnc(N2CCN(C(CN3CCC3)c3ccc4c(c3)OCCO4)CC2)c1-c1cn[nH]c1. The molecule has 5 heterocycles. The van der Waals surface area contributed by atoms with Gasteiger partial charge >= 0.3 is 0 Å². The Balaban J connectivity index is 1.22. The smallest absolute Gasteiger partial charge is 0.161 e. The third-order valence-corrected chi connectivity index (χ3v) is 7.03. The van der Waals surface area contributed by atoms with Crippen LogP contribution in [0.2, 0.25) is 0 Å². The lowest BCUT2D eigenvalue weighted by Crippen LogP contribution is -2.51. The average molecular weight is 463 g/mol. The van der Waals surface area contributed by atoms with E-state index in [9.17, 15) is 0 Å². The molecule has 6 rings (SSSR count). The van der Waals surface area contributed by atoms with Crippen molar-refractivity contribution in [1.29, 1.82) is 0 Å². The summed E-state index contributed by atoms with van der Waals surface area (Å²) in [4.78, 5) is 16.2. The molecule has 1 unspecified atom stereocenters. The molecule has 3 aliphatic heterocycles. The van der Waals surface area contributed by atoms with E-state index in [1.165, 1.54) is 25.1 Å². The Bertz CT molecular complexity index is 1130. The molecule has 2 fully saturated rings. The van der Waals surface area contributed by atoms with Gasteiger partial charge < -0.3 is 25.0 Å². The number of nitrogens with zero attached hydrogens (tertiary/aromatic N) is 6. The van der Waals surface area contributed by atoms with E-state index in [0.717, 1.165) is 61.2 Å². The Morgan fingerprint density at radius 2 is 1.82 bits per heavy atom. The molecule has 0 aliphatic carbocycles. The number of ether oxygens (including phenoxy) is 2. The summed E-state index contributed by atoms with van der Waals surface area (Å²) in [5.41, 5.74) is 9.28. The van der Waals surface area contributed by atoms with Crippen molar-refractivity contribution in [2.24, 2.45) is 0 Å². The van der Waals surface area contributed by atoms with Crippen molar-refractivity contribution < 1.29 is 9.47 Å². The lowest BCUT2D eigenvalue weighted by atomic mass is 10.0. The summed E-state index contributed by atoms with van der Waals surface area (Å²) < 4.78 is 11.6. The van der Waals surface area contributed by atoms with Crippen molar-refractivity contribution in [3.8, 4) is 22.6 Å². The standard InChI is InChI=1S/C24H30N8O2/c25-23-22(18-13-28-29-14-18)24(27-16-26-23)32-8-6-31(7-9-32)19(15-30-4-1-5-30)17-2-3-20-21(12-17)34-11-10-33-20/h2-3,12-14,16,19H,1,4-11,15H2,(H,28,29)(H2,25,26,27). The van der Waals surface area contributed by atoms with Crippen LogP contribution in [0.5, 0.6) is 11.5 Å². The fourth-order valence-electron chi connectivity index (χ4n) is 5.05. The third kappa shape index (κ3) is 4.03. The van der Waals surface area contributed by atoms with Crippen LogP contribution in [0.1, 0.15) is 18.0 Å². The number of nitrogens with two attached hydrogens (primary N) is 1. The molecule has 0 bridgehead atoms. The molecule has 3 aliphatic rings. The van der Waals surface area contributed by atoms with Gasteiger partial charge in [0.05, 0.1) is 11.8 Å². The quantitative estimate of drug-likeness (QED) is 0.567. The summed E-state index contributed by atoms with van der Waals surface area (Å²) in [6.07, 6.45) is 6.43. The molecule has 3 N–H and O–H groups in total. The number of aromatic amines is 1. The van der Waals surface area contributed by atoms with Crippen LogP contribution in [-0.4, -0.2) is 89.0 Å². The second kappa shape index (κ2) is 9.11. The molecule has 34 heavy (non-hydrogen) atoms. The molecule has 3 aromatic rings. The Labute approximate surface area is 198 Å². The first-order valence-corrected chi connectivity index (χ1v) is 12.0. The largest absolute Gasteiger partial charge is 0.486 e. The second-order valence-electron chi connectivity index (χ2n) is 9.04. The van der Waals surface area contributed by atoms with E-state index < -0.39 is 0 Å². The average Bonchev–Trinajstić information content (AvgIpc) is 3.38. The predicted octanol–water partition coefficient (Wildman–Crippen LogP) is 1.79. The molecule has 10 nitrogen and oxygen atoms in total. The fraction of sp³-hybridized carbons (Fsp3) is 0.458. The molecule has 10 heteroatoms. The Morgan fingerprint density at radius 1 is 1.00 bits per heavy atom. The van der Waals surface area contributed by atoms with E-state index in [-0.39, 0.29) is 0 Å². The first-order valence-electron chi connectivity index (χ1n) is 12.0. The summed E-state index contributed by atoms with van der Waals surface area (Å²) in [6, 6.07) is 6.74. The molecule has 0 saturated carbocycles. The summed E-state index contributed by atoms with van der Waals surface area (Å²) in [7, 11) is 0. The van der Waals surface area contributed by atoms with E-state index in [1.54, 1.807) is 12.5 Å². The highest BCUT2D eigenvalue weighted by Crippen LogP contribution is 2.36. The van der Waals surface area contributed by atoms with Crippen molar-refractivity contribution in [3.63, 3.8) is 0 Å². The van der Waals surface area contributed by atoms with Crippen molar-refractivity contribution in [2.45, 2.75) is 12.5 Å². The van der Waals surface area contributed by atoms with Gasteiger partial charge in [0.2, 0.25) is 0 Å². The number of hydrogen-bond acceptors (Lipinski definition) is 9. The maximum absolute atomic E-state index is 6.25. The highest BCUT2D eigenvalue weighted by atomic mass is 16.6. The summed E-state index contributed by atoms with van der Waals surface area (Å²) in [6.45, 7) is 8.19. The number of benzene rings is 1. The van der Waals surface area contributed by atoms with Crippen LogP contribution in [0, 0.1) is 0 Å². The van der Waals surface area contributed by atoms with E-state index in [0.29, 0.717) is 25.1 Å². The number of rotatable bonds is 6. The molecule has 2 aromatic heterocycles. The molecule has 178 valence electrons. The Morgan fingerprint density at radius 3 is 2.56 bits per heavy atom. The van der Waals surface area contributed by atoms with Gasteiger partial charge in [0.1, 0.15) is 31.2 Å². The number of hydrogen-bond donors (Lipinski definition) is 2. The summed E-state index contributed by atoms with van der Waals surface area (Å²) in [5.74, 6) is 3.04. The first kappa shape index (κ1) is 21.2. The van der Waals surface area contributed by atoms with Crippen molar-refractivity contribution in [1.82, 2.24) is 30.0 Å². The third-order valence-electron chi connectivity index (χ3n) is 7.03. The lowest BCUT2D eigenvalue weighted by molar-refractivity contribution is 0.0961. The van der Waals surface area contributed by atoms with Crippen molar-refractivity contribution >= 4 is 11.6 Å². The first-order chi connectivity index (χ1) is 16.8. The number of nitrogen functional groups attached to an aromatic ring is 1. The van der Waals surface area contributed by atoms with Crippen LogP contribution in [0.4, 0.5) is 11.6 Å². The van der Waals surface area contributed by atoms with Crippen LogP contribution >= 0.6 is 0 Å². The van der Waals surface area contributed by atoms with Crippen LogP contribution < -0.4 is 20.1 Å². The Kier molecular flexibility index (Phi) is 5.68. The van der Waals surface area contributed by atoms with Crippen LogP contribution in [0.25, 0.3) is 11.1 Å². The van der Waals surface area contributed by atoms with Gasteiger partial charge in [-0.05, 0) is 37.2 Å². The predicted molar refractivity (Wildman–Crippen MR) is 129 cm³/mol. The number of nitrogens with one attached hydrogen (secondary N) is 1. The van der Waals surface area contributed by atoms with E-state index in [2.05, 4.69) is 53.1 Å². The zero-order chi connectivity index (χ0) is 22.9. The molecule has 0 spiro atoms. The van der Waals surface area contributed by atoms with Gasteiger partial charge in [-0.2, -0.15) is 5.10 Å². The number of aromatic nitrogens is 4. The number of piperazine rings is 1. The number of fused-ring (bicyclic) bond motifs is 1. The molecule has 1 aromatic carbocycles. The zero-order valence-corrected chi connectivity index (χ0v) is 19.2. The fourth-order valence-corrected chi connectivity index (χ4v) is 5.05. The van der Waals surface area contributed by atoms with Crippen LogP contribution in [0.3, 0.4) is 0 Å². The maximum Gasteiger partial charge on any atom is 0.161 e. The molecule has 2 saturated heterocycles. The van der Waals surface area contributed by atoms with Gasteiger partial charge in [-0.15, -0.1) is 0 Å². The van der Waals surface area contributed by atoms with Gasteiger partial charge in [-0.3, -0.25) is 10.00 Å². The normalized spacial score (nSPS) is 19.6. The monoisotopic (exact) mass is 462 g/mol. The van der Waals surface area contributed by atoms with Crippen LogP contribution in [0.15, 0.2) is 36.9 Å². The highest BCUT2D eigenvalue weighted by Gasteiger charge is 2.31. The van der Waals surface area contributed by atoms with Gasteiger partial charge in [0, 0.05) is 50.5 Å². The van der Waals surface area contributed by atoms with Gasteiger partial charge in [0.15, 0.2) is 11.5 Å². The highest BCUT2D eigenvalue weighted by molar-refractivity contribution is 5.83. The molecule has 0 radical (unpaired) electrons. The molecular formula is C24H30N8O2. The van der Waals surface area contributed by atoms with Gasteiger partial charge in [-0.25, -0.2) is 9.97 Å². The minimum absolute atomic E-state index is 0.307. The van der Waals surface area contributed by atoms with Gasteiger partial charge in [-0.1, -0.05) is 6.07 Å². The summed E-state index contributed by atoms with van der Waals surface area (Å²) in [5, 5.41) is 6.94. The van der Waals surface area contributed by atoms with Gasteiger partial charge in [0.25, 0.3) is 0 Å². The minimum atomic E-state index is 0.307. The van der Waals surface area contributed by atoms with E-state index in [1.807, 2.05) is 6.20 Å². The van der Waals surface area contributed by atoms with E-state index >= 15 is 0 Å². The number of likely N-dealkylation sites (tertiary alicyclic amines) is 1. The maximum atomic E-state index is 6.25. The molecule has 0 amide bonds. The molecule has 1 atom stereocenters. The lowest BCUT2D eigenvalue weighted by Gasteiger charge is -2.43. The van der Waals surface area contributed by atoms with Crippen molar-refractivity contribution in [2.75, 3.05) is 69.7 Å². The summed E-state index contributed by atoms with van der Waals surface area (Å²) >= 11 is 0. The topological polar surface area (TPSA) is 109 Å². The number of H-pyrrole nitrogens is 1. The number of anilines is 2. The molecular weight excluding hydrogens is 432 g/mol. The van der Waals surface area contributed by atoms with E-state index in [4.69, 9.17) is 15.2 Å². The zero-order valence-electron chi connectivity index (χ0n) is 19.2. The Hall–Kier alpha value is -3.37. The second-order valence-corrected chi connectivity index (χ2v) is 9.04. The minimum Gasteiger partial charge on any atom is -0.486 e. The van der Waals surface area contributed by atoms with Crippen LogP contribution in [-0.2, 0) is 0 Å².